The Morgan fingerprint density at radius 2 is 1.62 bits per heavy atom. The van der Waals surface area contributed by atoms with Crippen molar-refractivity contribution in [2.75, 3.05) is 5.73 Å². The molecule has 0 bridgehead atoms. The number of rotatable bonds is 2. The largest absolute Gasteiger partial charge is 0.380 e. The molecule has 21 heavy (non-hydrogen) atoms. The molecule has 0 unspecified atom stereocenters. The van der Waals surface area contributed by atoms with Crippen LogP contribution in [0.25, 0.3) is 22.5 Å². The van der Waals surface area contributed by atoms with Crippen molar-refractivity contribution in [1.29, 1.82) is 0 Å². The highest BCUT2D eigenvalue weighted by Crippen LogP contribution is 2.40. The summed E-state index contributed by atoms with van der Waals surface area (Å²) in [5.74, 6) is 0.735. The molecule has 0 aliphatic rings. The van der Waals surface area contributed by atoms with Crippen molar-refractivity contribution in [3.63, 3.8) is 0 Å². The summed E-state index contributed by atoms with van der Waals surface area (Å²) in [6, 6.07) is 12.4. The van der Waals surface area contributed by atoms with Crippen LogP contribution in [-0.2, 0) is 0 Å². The maximum absolute atomic E-state index is 6.23. The number of nitrogens with two attached hydrogens (primary N) is 1. The van der Waals surface area contributed by atoms with E-state index in [9.17, 15) is 0 Å². The first kappa shape index (κ1) is 14.3. The van der Waals surface area contributed by atoms with Crippen molar-refractivity contribution >= 4 is 40.6 Å². The van der Waals surface area contributed by atoms with E-state index in [4.69, 9.17) is 45.1 Å². The molecule has 1 heterocycles. The average molecular weight is 340 g/mol. The SMILES string of the molecule is Nc1noc(-c2cc(Cl)cc(Cl)c2)c1-c1ccccc1Cl. The van der Waals surface area contributed by atoms with Crippen molar-refractivity contribution in [3.05, 3.63) is 57.5 Å². The third-order valence-electron chi connectivity index (χ3n) is 2.99. The Hall–Kier alpha value is -1.68. The molecule has 0 aliphatic heterocycles. The molecule has 0 aliphatic carbocycles. The third-order valence-corrected chi connectivity index (χ3v) is 3.75. The number of hydrogen-bond acceptors (Lipinski definition) is 3. The van der Waals surface area contributed by atoms with E-state index in [2.05, 4.69) is 5.16 Å². The van der Waals surface area contributed by atoms with Gasteiger partial charge in [0, 0.05) is 26.2 Å². The van der Waals surface area contributed by atoms with Crippen molar-refractivity contribution in [1.82, 2.24) is 5.16 Å². The van der Waals surface area contributed by atoms with Gasteiger partial charge in [0.2, 0.25) is 0 Å². The van der Waals surface area contributed by atoms with Crippen molar-refractivity contribution < 1.29 is 4.52 Å². The van der Waals surface area contributed by atoms with Gasteiger partial charge < -0.3 is 10.3 Å². The lowest BCUT2D eigenvalue weighted by Crippen LogP contribution is -1.89. The van der Waals surface area contributed by atoms with E-state index < -0.39 is 0 Å². The third kappa shape index (κ3) is 2.72. The number of hydrogen-bond donors (Lipinski definition) is 1. The van der Waals surface area contributed by atoms with Gasteiger partial charge in [-0.15, -0.1) is 0 Å². The summed E-state index contributed by atoms with van der Waals surface area (Å²) in [6.45, 7) is 0. The predicted octanol–water partition coefficient (Wildman–Crippen LogP) is 5.55. The maximum Gasteiger partial charge on any atom is 0.177 e. The van der Waals surface area contributed by atoms with E-state index in [1.54, 1.807) is 24.3 Å². The summed E-state index contributed by atoms with van der Waals surface area (Å²) in [7, 11) is 0. The fourth-order valence-electron chi connectivity index (χ4n) is 2.11. The molecule has 0 atom stereocenters. The molecule has 0 amide bonds. The normalized spacial score (nSPS) is 10.8. The van der Waals surface area contributed by atoms with Crippen LogP contribution in [0.5, 0.6) is 0 Å². The minimum absolute atomic E-state index is 0.259. The van der Waals surface area contributed by atoms with Gasteiger partial charge in [-0.3, -0.25) is 0 Å². The van der Waals surface area contributed by atoms with Crippen molar-refractivity contribution in [3.8, 4) is 22.5 Å². The van der Waals surface area contributed by atoms with Gasteiger partial charge >= 0.3 is 0 Å². The van der Waals surface area contributed by atoms with Crippen LogP contribution in [0.15, 0.2) is 47.0 Å². The quantitative estimate of drug-likeness (QED) is 0.666. The van der Waals surface area contributed by atoms with Crippen LogP contribution in [0.3, 0.4) is 0 Å². The highest BCUT2D eigenvalue weighted by molar-refractivity contribution is 6.35. The Balaban J connectivity index is 2.24. The van der Waals surface area contributed by atoms with Gasteiger partial charge in [-0.2, -0.15) is 0 Å². The van der Waals surface area contributed by atoms with E-state index in [0.717, 1.165) is 5.56 Å². The Bertz CT molecular complexity index is 794. The van der Waals surface area contributed by atoms with E-state index in [0.29, 0.717) is 32.0 Å². The number of nitrogens with zero attached hydrogens (tertiary/aromatic N) is 1. The zero-order valence-corrected chi connectivity index (χ0v) is 12.9. The Morgan fingerprint density at radius 3 is 2.29 bits per heavy atom. The summed E-state index contributed by atoms with van der Waals surface area (Å²) in [5, 5.41) is 5.38. The summed E-state index contributed by atoms with van der Waals surface area (Å²) in [4.78, 5) is 0. The first-order chi connectivity index (χ1) is 10.1. The van der Waals surface area contributed by atoms with Gasteiger partial charge in [0.25, 0.3) is 0 Å². The van der Waals surface area contributed by atoms with E-state index in [1.165, 1.54) is 0 Å². The average Bonchev–Trinajstić information content (AvgIpc) is 2.80. The van der Waals surface area contributed by atoms with Crippen LogP contribution in [0.4, 0.5) is 5.82 Å². The highest BCUT2D eigenvalue weighted by Gasteiger charge is 2.20. The zero-order valence-electron chi connectivity index (χ0n) is 10.6. The first-order valence-electron chi connectivity index (χ1n) is 6.03. The molecule has 3 nitrogen and oxygen atoms in total. The van der Waals surface area contributed by atoms with Gasteiger partial charge in [-0.25, -0.2) is 0 Å². The zero-order chi connectivity index (χ0) is 15.0. The molecule has 0 radical (unpaired) electrons. The molecule has 0 saturated carbocycles. The molecule has 0 saturated heterocycles. The molecule has 3 aromatic rings. The second-order valence-corrected chi connectivity index (χ2v) is 5.69. The second-order valence-electron chi connectivity index (χ2n) is 4.41. The summed E-state index contributed by atoms with van der Waals surface area (Å²) in [6.07, 6.45) is 0. The van der Waals surface area contributed by atoms with E-state index in [1.807, 2.05) is 18.2 Å². The van der Waals surface area contributed by atoms with E-state index in [-0.39, 0.29) is 5.82 Å². The number of benzene rings is 2. The number of nitrogen functional groups attached to an aromatic ring is 1. The smallest absolute Gasteiger partial charge is 0.177 e. The lowest BCUT2D eigenvalue weighted by molar-refractivity contribution is 0.436. The van der Waals surface area contributed by atoms with Crippen LogP contribution in [-0.4, -0.2) is 5.16 Å². The molecular formula is C15H9Cl3N2O. The molecule has 1 aromatic heterocycles. The molecular weight excluding hydrogens is 331 g/mol. The van der Waals surface area contributed by atoms with Gasteiger partial charge in [0.05, 0.1) is 5.56 Å². The van der Waals surface area contributed by atoms with Crippen LogP contribution in [0, 0.1) is 0 Å². The number of halogens is 3. The van der Waals surface area contributed by atoms with Gasteiger partial charge in [-0.1, -0.05) is 58.2 Å². The van der Waals surface area contributed by atoms with Crippen LogP contribution in [0.1, 0.15) is 0 Å². The van der Waals surface area contributed by atoms with Gasteiger partial charge in [0.15, 0.2) is 11.6 Å². The van der Waals surface area contributed by atoms with Gasteiger partial charge in [-0.05, 0) is 24.3 Å². The molecule has 0 spiro atoms. The standard InChI is InChI=1S/C15H9Cl3N2O/c16-9-5-8(6-10(17)7-9)14-13(15(19)20-21-14)11-3-1-2-4-12(11)18/h1-7H,(H2,19,20). The molecule has 2 aromatic carbocycles. The monoisotopic (exact) mass is 338 g/mol. The number of aromatic nitrogens is 1. The topological polar surface area (TPSA) is 52.0 Å². The van der Waals surface area contributed by atoms with Crippen LogP contribution in [0.2, 0.25) is 15.1 Å². The minimum Gasteiger partial charge on any atom is -0.380 e. The van der Waals surface area contributed by atoms with E-state index >= 15 is 0 Å². The van der Waals surface area contributed by atoms with Crippen molar-refractivity contribution in [2.45, 2.75) is 0 Å². The Morgan fingerprint density at radius 1 is 0.952 bits per heavy atom. The fraction of sp³-hybridized carbons (Fsp3) is 0. The predicted molar refractivity (Wildman–Crippen MR) is 86.8 cm³/mol. The van der Waals surface area contributed by atoms with Crippen molar-refractivity contribution in [2.24, 2.45) is 0 Å². The summed E-state index contributed by atoms with van der Waals surface area (Å²) < 4.78 is 5.35. The van der Waals surface area contributed by atoms with Gasteiger partial charge in [0.1, 0.15) is 0 Å². The van der Waals surface area contributed by atoms with Crippen LogP contribution < -0.4 is 5.73 Å². The lowest BCUT2D eigenvalue weighted by atomic mass is 10.0. The molecule has 106 valence electrons. The molecule has 6 heteroatoms. The minimum atomic E-state index is 0.259. The molecule has 3 rings (SSSR count). The Labute approximate surface area is 136 Å². The maximum atomic E-state index is 6.23. The second kappa shape index (κ2) is 5.60. The summed E-state index contributed by atoms with van der Waals surface area (Å²) >= 11 is 18.3. The Kier molecular flexibility index (Phi) is 3.81. The first-order valence-corrected chi connectivity index (χ1v) is 7.16. The molecule has 2 N–H and O–H groups in total. The fourth-order valence-corrected chi connectivity index (χ4v) is 2.86. The molecule has 0 fully saturated rings. The highest BCUT2D eigenvalue weighted by atomic mass is 35.5. The summed E-state index contributed by atoms with van der Waals surface area (Å²) in [5.41, 5.74) is 7.98. The number of anilines is 1. The van der Waals surface area contributed by atoms with Crippen LogP contribution >= 0.6 is 34.8 Å². The lowest BCUT2D eigenvalue weighted by Gasteiger charge is -2.06.